The molecule has 2 aliphatic heterocycles. The summed E-state index contributed by atoms with van der Waals surface area (Å²) in [5.74, 6) is -2.95. The normalized spacial score (nSPS) is 22.1. The van der Waals surface area contributed by atoms with Gasteiger partial charge in [-0.25, -0.2) is 14.7 Å². The molecular weight excluding hydrogens is 489 g/mol. The highest BCUT2D eigenvalue weighted by Gasteiger charge is 2.60. The number of benzene rings is 3. The van der Waals surface area contributed by atoms with Crippen LogP contribution in [0, 0.1) is 18.7 Å². The quantitative estimate of drug-likeness (QED) is 0.540. The summed E-state index contributed by atoms with van der Waals surface area (Å²) < 4.78 is 15.4. The number of hydrogen-bond acceptors (Lipinski definition) is 4. The first-order valence-corrected chi connectivity index (χ1v) is 11.2. The summed E-state index contributed by atoms with van der Waals surface area (Å²) in [6.07, 6.45) is 0. The number of imide groups is 1. The average molecular weight is 508 g/mol. The molecule has 0 bridgehead atoms. The molecule has 1 N–H and O–H groups in total. The largest absolute Gasteiger partial charge is 0.274 e. The fourth-order valence-electron chi connectivity index (χ4n) is 4.47. The summed E-state index contributed by atoms with van der Waals surface area (Å²) in [6.45, 7) is 1.91. The second-order valence-corrected chi connectivity index (χ2v) is 9.05. The molecular formula is C25H19BrFN3O3. The van der Waals surface area contributed by atoms with Crippen LogP contribution in [0.2, 0.25) is 0 Å². The van der Waals surface area contributed by atoms with E-state index >= 15 is 0 Å². The number of hydrazine groups is 1. The Balaban J connectivity index is 1.60. The summed E-state index contributed by atoms with van der Waals surface area (Å²) in [5, 5.41) is 1.18. The van der Waals surface area contributed by atoms with E-state index in [1.54, 1.807) is 66.7 Å². The van der Waals surface area contributed by atoms with Crippen molar-refractivity contribution in [2.75, 3.05) is 4.90 Å². The van der Waals surface area contributed by atoms with E-state index in [0.29, 0.717) is 15.7 Å². The van der Waals surface area contributed by atoms with Gasteiger partial charge in [-0.3, -0.25) is 19.4 Å². The van der Waals surface area contributed by atoms with Gasteiger partial charge in [0, 0.05) is 15.6 Å². The number of carbonyl (C=O) groups is 3. The number of amides is 3. The van der Waals surface area contributed by atoms with Crippen LogP contribution in [0.3, 0.4) is 0 Å². The van der Waals surface area contributed by atoms with Gasteiger partial charge in [0.05, 0.1) is 17.6 Å². The zero-order valence-electron chi connectivity index (χ0n) is 17.5. The van der Waals surface area contributed by atoms with Gasteiger partial charge < -0.3 is 0 Å². The summed E-state index contributed by atoms with van der Waals surface area (Å²) in [6, 6.07) is 17.8. The number of fused-ring (bicyclic) bond motifs is 1. The number of aryl methyl sites for hydroxylation is 1. The van der Waals surface area contributed by atoms with Gasteiger partial charge in [0.15, 0.2) is 0 Å². The molecule has 0 unspecified atom stereocenters. The minimum Gasteiger partial charge on any atom is -0.274 e. The van der Waals surface area contributed by atoms with Crippen LogP contribution >= 0.6 is 15.9 Å². The van der Waals surface area contributed by atoms with Crippen LogP contribution < -0.4 is 10.3 Å². The molecule has 6 nitrogen and oxygen atoms in total. The minimum atomic E-state index is -1.10. The number of nitrogens with zero attached hydrogens (tertiary/aromatic N) is 2. The number of nitrogens with one attached hydrogen (secondary N) is 1. The fraction of sp³-hybridized carbons (Fsp3) is 0.160. The number of hydrogen-bond donors (Lipinski definition) is 1. The van der Waals surface area contributed by atoms with Gasteiger partial charge >= 0.3 is 0 Å². The van der Waals surface area contributed by atoms with Gasteiger partial charge in [-0.2, -0.15) is 0 Å². The highest BCUT2D eigenvalue weighted by atomic mass is 79.9. The summed E-state index contributed by atoms with van der Waals surface area (Å²) in [4.78, 5) is 41.6. The van der Waals surface area contributed by atoms with E-state index in [1.807, 2.05) is 6.92 Å². The lowest BCUT2D eigenvalue weighted by atomic mass is 9.90. The zero-order chi connectivity index (χ0) is 23.3. The number of anilines is 1. The summed E-state index contributed by atoms with van der Waals surface area (Å²) in [7, 11) is 0. The van der Waals surface area contributed by atoms with Crippen LogP contribution in [0.25, 0.3) is 0 Å². The van der Waals surface area contributed by atoms with Crippen LogP contribution in [0.4, 0.5) is 10.1 Å². The van der Waals surface area contributed by atoms with E-state index in [-0.39, 0.29) is 5.56 Å². The molecule has 0 saturated carbocycles. The van der Waals surface area contributed by atoms with E-state index < -0.39 is 41.5 Å². The monoisotopic (exact) mass is 507 g/mol. The van der Waals surface area contributed by atoms with Gasteiger partial charge in [-0.15, -0.1) is 0 Å². The number of halogens is 2. The maximum absolute atomic E-state index is 14.7. The molecule has 2 heterocycles. The van der Waals surface area contributed by atoms with Crippen molar-refractivity contribution in [2.45, 2.75) is 19.0 Å². The molecule has 3 aromatic rings. The van der Waals surface area contributed by atoms with Crippen molar-refractivity contribution < 1.29 is 18.8 Å². The number of carbonyl (C=O) groups excluding carboxylic acids is 3. The van der Waals surface area contributed by atoms with E-state index in [4.69, 9.17) is 0 Å². The van der Waals surface area contributed by atoms with E-state index in [2.05, 4.69) is 21.4 Å². The summed E-state index contributed by atoms with van der Waals surface area (Å²) in [5.41, 5.74) is 4.93. The Morgan fingerprint density at radius 3 is 2.39 bits per heavy atom. The lowest BCUT2D eigenvalue weighted by Gasteiger charge is -2.25. The molecule has 3 atom stereocenters. The smallest absolute Gasteiger partial charge is 0.268 e. The lowest BCUT2D eigenvalue weighted by Crippen LogP contribution is -2.48. The van der Waals surface area contributed by atoms with Crippen molar-refractivity contribution in [3.05, 3.63) is 99.8 Å². The van der Waals surface area contributed by atoms with E-state index in [0.717, 1.165) is 10.5 Å². The molecule has 33 heavy (non-hydrogen) atoms. The van der Waals surface area contributed by atoms with Crippen LogP contribution in [0.1, 0.15) is 27.5 Å². The third-order valence-electron chi connectivity index (χ3n) is 6.06. The molecule has 0 radical (unpaired) electrons. The third kappa shape index (κ3) is 3.55. The van der Waals surface area contributed by atoms with Gasteiger partial charge in [0.1, 0.15) is 11.9 Å². The van der Waals surface area contributed by atoms with Crippen molar-refractivity contribution in [3.8, 4) is 0 Å². The molecule has 3 amide bonds. The molecule has 166 valence electrons. The van der Waals surface area contributed by atoms with Gasteiger partial charge in [0.25, 0.3) is 11.8 Å². The first-order chi connectivity index (χ1) is 15.9. The highest BCUT2D eigenvalue weighted by molar-refractivity contribution is 9.10. The molecule has 0 spiro atoms. The predicted molar refractivity (Wildman–Crippen MR) is 124 cm³/mol. The molecule has 2 fully saturated rings. The topological polar surface area (TPSA) is 69.7 Å². The SMILES string of the molecule is Cc1ccc(N2C(=O)[C@@H]3[C@H](c4ccccc4F)NN(C(=O)c4cccc(Br)c4)[C@H]3C2=O)cc1. The van der Waals surface area contributed by atoms with Crippen molar-refractivity contribution in [3.63, 3.8) is 0 Å². The Morgan fingerprint density at radius 2 is 1.70 bits per heavy atom. The Morgan fingerprint density at radius 1 is 0.970 bits per heavy atom. The maximum atomic E-state index is 14.7. The van der Waals surface area contributed by atoms with Crippen LogP contribution in [-0.4, -0.2) is 28.8 Å². The van der Waals surface area contributed by atoms with Gasteiger partial charge in [0.2, 0.25) is 5.91 Å². The van der Waals surface area contributed by atoms with Crippen LogP contribution in [0.15, 0.2) is 77.3 Å². The van der Waals surface area contributed by atoms with Gasteiger partial charge in [-0.05, 0) is 43.3 Å². The Kier molecular flexibility index (Phi) is 5.34. The molecule has 0 aromatic heterocycles. The molecule has 3 aromatic carbocycles. The Hall–Kier alpha value is -3.36. The molecule has 0 aliphatic carbocycles. The lowest BCUT2D eigenvalue weighted by molar-refractivity contribution is -0.123. The molecule has 8 heteroatoms. The van der Waals surface area contributed by atoms with Crippen molar-refractivity contribution in [2.24, 2.45) is 5.92 Å². The van der Waals surface area contributed by atoms with E-state index in [9.17, 15) is 18.8 Å². The number of rotatable bonds is 3. The zero-order valence-corrected chi connectivity index (χ0v) is 19.1. The molecule has 5 rings (SSSR count). The molecule has 2 aliphatic rings. The third-order valence-corrected chi connectivity index (χ3v) is 6.55. The molecule has 2 saturated heterocycles. The second kappa shape index (κ2) is 8.20. The summed E-state index contributed by atoms with van der Waals surface area (Å²) >= 11 is 3.35. The maximum Gasteiger partial charge on any atom is 0.268 e. The first kappa shape index (κ1) is 21.5. The Labute approximate surface area is 198 Å². The van der Waals surface area contributed by atoms with Crippen LogP contribution in [0.5, 0.6) is 0 Å². The van der Waals surface area contributed by atoms with Gasteiger partial charge in [-0.1, -0.05) is 57.9 Å². The standard InChI is InChI=1S/C25H19BrFN3O3/c1-14-9-11-17(12-10-14)29-24(32)20-21(18-7-2-3-8-19(18)27)28-30(22(20)25(29)33)23(31)15-5-4-6-16(26)13-15/h2-13,20-22,28H,1H3/t20-,21+,22-/m1/s1. The van der Waals surface area contributed by atoms with E-state index in [1.165, 1.54) is 11.1 Å². The van der Waals surface area contributed by atoms with Crippen molar-refractivity contribution in [1.82, 2.24) is 10.4 Å². The fourth-order valence-corrected chi connectivity index (χ4v) is 4.87. The van der Waals surface area contributed by atoms with Crippen molar-refractivity contribution in [1.29, 1.82) is 0 Å². The first-order valence-electron chi connectivity index (χ1n) is 10.4. The van der Waals surface area contributed by atoms with Crippen molar-refractivity contribution >= 4 is 39.3 Å². The second-order valence-electron chi connectivity index (χ2n) is 8.13. The average Bonchev–Trinajstić information content (AvgIpc) is 3.31. The predicted octanol–water partition coefficient (Wildman–Crippen LogP) is 4.16. The van der Waals surface area contributed by atoms with Crippen LogP contribution in [-0.2, 0) is 9.59 Å². The minimum absolute atomic E-state index is 0.226. The Bertz CT molecular complexity index is 1280. The highest BCUT2D eigenvalue weighted by Crippen LogP contribution is 2.42.